The number of allylic oxidation sites excluding steroid dienone is 2. The number of benzene rings is 3. The van der Waals surface area contributed by atoms with Crippen LogP contribution < -0.4 is 21.3 Å². The summed E-state index contributed by atoms with van der Waals surface area (Å²) in [6.45, 7) is 0.880. The first-order valence-corrected chi connectivity index (χ1v) is 20.0. The molecule has 2 aliphatic rings. The minimum absolute atomic E-state index is 0.0797. The van der Waals surface area contributed by atoms with E-state index in [0.29, 0.717) is 32.2 Å². The van der Waals surface area contributed by atoms with Crippen LogP contribution in [0.1, 0.15) is 67.6 Å². The van der Waals surface area contributed by atoms with Gasteiger partial charge in [-0.3, -0.25) is 9.59 Å². The second-order valence-corrected chi connectivity index (χ2v) is 14.2. The lowest BCUT2D eigenvalue weighted by Gasteiger charge is -2.23. The van der Waals surface area contributed by atoms with Crippen LogP contribution in [0.4, 0.5) is 9.59 Å². The van der Waals surface area contributed by atoms with Gasteiger partial charge in [0.2, 0.25) is 11.8 Å². The predicted molar refractivity (Wildman–Crippen MR) is 215 cm³/mol. The standard InChI is InChI=1S/C44H54N4O10/c49-24-26-55-25-23-45-40(50)27-32-15-5-2-6-21-39(48-44(54)58-30-38-36-19-9-7-17-34(36)35-18-8-10-20-37(35)38)42(52)56-29-33(47-41(32)51)16-11-12-22-46-43(53)57-28-31-13-3-1-4-14-31/h1-5,7-10,13-14,17-20,32-33,38-39,49H,6,11-12,15-16,21-30H2,(H,45,50)(H,46,53)(H,47,51)(H,48,54). The van der Waals surface area contributed by atoms with E-state index < -0.39 is 36.2 Å². The Morgan fingerprint density at radius 2 is 1.53 bits per heavy atom. The third-order valence-electron chi connectivity index (χ3n) is 9.97. The number of alkyl carbamates (subject to hydrolysis) is 2. The first-order chi connectivity index (χ1) is 28.3. The molecule has 5 rings (SSSR count). The van der Waals surface area contributed by atoms with E-state index in [9.17, 15) is 24.0 Å². The van der Waals surface area contributed by atoms with Crippen molar-refractivity contribution in [3.05, 3.63) is 108 Å². The lowest BCUT2D eigenvalue weighted by atomic mass is 9.98. The van der Waals surface area contributed by atoms with Gasteiger partial charge in [0.1, 0.15) is 25.9 Å². The molecule has 0 radical (unpaired) electrons. The first-order valence-electron chi connectivity index (χ1n) is 20.0. The van der Waals surface area contributed by atoms with Crippen LogP contribution >= 0.6 is 0 Å². The number of unbranched alkanes of at least 4 members (excludes halogenated alkanes) is 1. The lowest BCUT2D eigenvalue weighted by Crippen LogP contribution is -2.46. The van der Waals surface area contributed by atoms with Gasteiger partial charge in [-0.15, -0.1) is 0 Å². The molecule has 0 spiro atoms. The van der Waals surface area contributed by atoms with Crippen molar-refractivity contribution in [2.45, 2.75) is 69.6 Å². The first kappa shape index (κ1) is 43.4. The average molecular weight is 799 g/mol. The number of nitrogens with one attached hydrogen (secondary N) is 4. The predicted octanol–water partition coefficient (Wildman–Crippen LogP) is 4.89. The summed E-state index contributed by atoms with van der Waals surface area (Å²) in [5.74, 6) is -2.22. The van der Waals surface area contributed by atoms with E-state index in [-0.39, 0.29) is 83.2 Å². The molecule has 310 valence electrons. The van der Waals surface area contributed by atoms with Gasteiger partial charge in [-0.25, -0.2) is 14.4 Å². The van der Waals surface area contributed by atoms with Crippen molar-refractivity contribution < 1.29 is 48.0 Å². The normalized spacial score (nSPS) is 18.2. The van der Waals surface area contributed by atoms with Crippen molar-refractivity contribution in [1.29, 1.82) is 0 Å². The number of cyclic esters (lactones) is 1. The number of carbonyl (C=O) groups excluding carboxylic acids is 5. The zero-order valence-corrected chi connectivity index (χ0v) is 32.7. The Kier molecular flexibility index (Phi) is 17.6. The van der Waals surface area contributed by atoms with Crippen LogP contribution in [0, 0.1) is 5.92 Å². The zero-order chi connectivity index (χ0) is 41.0. The summed E-state index contributed by atoms with van der Waals surface area (Å²) in [4.78, 5) is 65.3. The van der Waals surface area contributed by atoms with Gasteiger partial charge in [0.05, 0.1) is 31.8 Å². The SMILES string of the molecule is O=C(CC1CC=CCCC(NC(=O)OCC2c3ccccc3-c3ccccc32)C(=O)OCC(CCCCNC(=O)OCc2ccccc2)NC1=O)NCCOCCO. The molecule has 14 nitrogen and oxygen atoms in total. The highest BCUT2D eigenvalue weighted by atomic mass is 16.6. The smallest absolute Gasteiger partial charge is 0.407 e. The third-order valence-corrected chi connectivity index (χ3v) is 9.97. The molecular formula is C44H54N4O10. The maximum atomic E-state index is 13.6. The molecule has 0 saturated heterocycles. The Bertz CT molecular complexity index is 1790. The number of ether oxygens (including phenoxy) is 4. The second-order valence-electron chi connectivity index (χ2n) is 14.2. The van der Waals surface area contributed by atoms with E-state index >= 15 is 0 Å². The number of hydrogen-bond donors (Lipinski definition) is 5. The largest absolute Gasteiger partial charge is 0.462 e. The Morgan fingerprint density at radius 3 is 2.28 bits per heavy atom. The number of amides is 4. The van der Waals surface area contributed by atoms with Gasteiger partial charge in [-0.05, 0) is 66.3 Å². The summed E-state index contributed by atoms with van der Waals surface area (Å²) in [5, 5.41) is 20.0. The number of fused-ring (bicyclic) bond motifs is 3. The highest BCUT2D eigenvalue weighted by molar-refractivity contribution is 5.86. The lowest BCUT2D eigenvalue weighted by molar-refractivity contribution is -0.147. The minimum atomic E-state index is -1.02. The van der Waals surface area contributed by atoms with Crippen LogP contribution in [0.15, 0.2) is 91.0 Å². The molecule has 1 aliphatic carbocycles. The molecule has 0 saturated carbocycles. The number of aliphatic hydroxyl groups excluding tert-OH is 1. The topological polar surface area (TPSA) is 191 Å². The van der Waals surface area contributed by atoms with Crippen LogP contribution in [0.5, 0.6) is 0 Å². The molecule has 0 bridgehead atoms. The Hall–Kier alpha value is -5.73. The summed E-state index contributed by atoms with van der Waals surface area (Å²) in [5.41, 5.74) is 5.21. The Labute approximate surface area is 339 Å². The molecule has 0 fully saturated rings. The maximum absolute atomic E-state index is 13.6. The van der Waals surface area contributed by atoms with Crippen LogP contribution in [0.25, 0.3) is 11.1 Å². The summed E-state index contributed by atoms with van der Waals surface area (Å²) < 4.78 is 21.9. The highest BCUT2D eigenvalue weighted by Gasteiger charge is 2.31. The molecule has 3 atom stereocenters. The van der Waals surface area contributed by atoms with E-state index in [1.807, 2.05) is 72.8 Å². The Balaban J connectivity index is 1.17. The van der Waals surface area contributed by atoms with E-state index in [2.05, 4.69) is 33.4 Å². The molecule has 3 aromatic carbocycles. The van der Waals surface area contributed by atoms with Crippen LogP contribution in [0.2, 0.25) is 0 Å². The zero-order valence-electron chi connectivity index (χ0n) is 32.7. The van der Waals surface area contributed by atoms with E-state index in [1.54, 1.807) is 6.08 Å². The molecule has 3 unspecified atom stereocenters. The summed E-state index contributed by atoms with van der Waals surface area (Å²) >= 11 is 0. The van der Waals surface area contributed by atoms with Gasteiger partial charge >= 0.3 is 18.2 Å². The van der Waals surface area contributed by atoms with Crippen molar-refractivity contribution in [2.75, 3.05) is 46.1 Å². The fraction of sp³-hybridized carbons (Fsp3) is 0.432. The number of rotatable bonds is 17. The van der Waals surface area contributed by atoms with E-state index in [4.69, 9.17) is 24.1 Å². The minimum Gasteiger partial charge on any atom is -0.462 e. The van der Waals surface area contributed by atoms with E-state index in [0.717, 1.165) is 27.8 Å². The van der Waals surface area contributed by atoms with Crippen molar-refractivity contribution in [1.82, 2.24) is 21.3 Å². The maximum Gasteiger partial charge on any atom is 0.407 e. The number of esters is 1. The van der Waals surface area contributed by atoms with Gasteiger partial charge in [0.15, 0.2) is 0 Å². The molecule has 4 amide bonds. The van der Waals surface area contributed by atoms with Gasteiger partial charge in [0, 0.05) is 25.4 Å². The molecule has 3 aromatic rings. The van der Waals surface area contributed by atoms with Crippen molar-refractivity contribution in [2.24, 2.45) is 5.92 Å². The van der Waals surface area contributed by atoms with Crippen LogP contribution in [0.3, 0.4) is 0 Å². The van der Waals surface area contributed by atoms with Gasteiger partial charge in [0.25, 0.3) is 0 Å². The monoisotopic (exact) mass is 798 g/mol. The summed E-state index contributed by atoms with van der Waals surface area (Å²) in [6.07, 6.45) is 4.63. The van der Waals surface area contributed by atoms with Gasteiger partial charge in [-0.1, -0.05) is 91.0 Å². The number of carbonyl (C=O) groups is 5. The average Bonchev–Trinajstić information content (AvgIpc) is 3.56. The molecule has 14 heteroatoms. The molecule has 58 heavy (non-hydrogen) atoms. The van der Waals surface area contributed by atoms with Crippen molar-refractivity contribution in [3.63, 3.8) is 0 Å². The quantitative estimate of drug-likeness (QED) is 0.0544. The Morgan fingerprint density at radius 1 is 0.810 bits per heavy atom. The second kappa shape index (κ2) is 23.5. The molecule has 0 aromatic heterocycles. The van der Waals surface area contributed by atoms with Crippen molar-refractivity contribution >= 4 is 30.0 Å². The molecule has 1 heterocycles. The van der Waals surface area contributed by atoms with Gasteiger partial charge < -0.3 is 45.3 Å². The van der Waals surface area contributed by atoms with Crippen LogP contribution in [-0.4, -0.2) is 93.3 Å². The fourth-order valence-corrected chi connectivity index (χ4v) is 6.96. The molecular weight excluding hydrogens is 745 g/mol. The summed E-state index contributed by atoms with van der Waals surface area (Å²) in [6, 6.07) is 23.7. The number of aliphatic hydroxyl groups is 1. The summed E-state index contributed by atoms with van der Waals surface area (Å²) in [7, 11) is 0. The van der Waals surface area contributed by atoms with E-state index in [1.165, 1.54) is 0 Å². The molecule has 1 aliphatic heterocycles. The fourth-order valence-electron chi connectivity index (χ4n) is 6.96. The third kappa shape index (κ3) is 13.7. The number of hydrogen-bond acceptors (Lipinski definition) is 10. The van der Waals surface area contributed by atoms with Crippen molar-refractivity contribution in [3.8, 4) is 11.1 Å². The van der Waals surface area contributed by atoms with Gasteiger partial charge in [-0.2, -0.15) is 0 Å². The molecule has 5 N–H and O–H groups in total. The highest BCUT2D eigenvalue weighted by Crippen LogP contribution is 2.44. The van der Waals surface area contributed by atoms with Crippen LogP contribution in [-0.2, 0) is 39.9 Å².